The fourth-order valence-corrected chi connectivity index (χ4v) is 4.61. The number of carbonyl (C=O) groups is 1. The van der Waals surface area contributed by atoms with Crippen LogP contribution in [0.3, 0.4) is 0 Å². The number of aryl methyl sites for hydroxylation is 2. The lowest BCUT2D eigenvalue weighted by molar-refractivity contribution is 0.101. The number of pyridine rings is 1. The van der Waals surface area contributed by atoms with Gasteiger partial charge in [0.25, 0.3) is 0 Å². The molecule has 0 fully saturated rings. The van der Waals surface area contributed by atoms with Crippen LogP contribution in [0.5, 0.6) is 0 Å². The Labute approximate surface area is 173 Å². The molecule has 2 aromatic heterocycles. The minimum atomic E-state index is 0.131. The van der Waals surface area contributed by atoms with Gasteiger partial charge in [0.05, 0.1) is 11.0 Å². The number of para-hydroxylation sites is 1. The van der Waals surface area contributed by atoms with Crippen molar-refractivity contribution in [2.75, 3.05) is 0 Å². The van der Waals surface area contributed by atoms with Crippen molar-refractivity contribution >= 4 is 22.2 Å². The van der Waals surface area contributed by atoms with Crippen molar-refractivity contribution in [2.45, 2.75) is 52.9 Å². The Hall–Kier alpha value is -2.87. The SMILES string of the molecule is CCCCCCc1cc2ccccc2n2c(C)c(C(C)=O)c(-c3ccccc3)c12. The molecule has 4 rings (SSSR count). The van der Waals surface area contributed by atoms with E-state index < -0.39 is 0 Å². The number of hydrogen-bond donors (Lipinski definition) is 0. The standard InChI is InChI=1S/C27H29NO/c1-4-5-6-8-16-23-18-22-15-11-12-17-24(22)28-19(2)25(20(3)29)26(27(23)28)21-13-9-7-10-14-21/h7,9-15,17-18H,4-6,8,16H2,1-3H3. The van der Waals surface area contributed by atoms with E-state index in [-0.39, 0.29) is 5.78 Å². The van der Waals surface area contributed by atoms with Gasteiger partial charge in [0.1, 0.15) is 0 Å². The van der Waals surface area contributed by atoms with Gasteiger partial charge in [0, 0.05) is 16.8 Å². The second-order valence-electron chi connectivity index (χ2n) is 7.98. The topological polar surface area (TPSA) is 21.5 Å². The summed E-state index contributed by atoms with van der Waals surface area (Å²) >= 11 is 0. The summed E-state index contributed by atoms with van der Waals surface area (Å²) in [5, 5.41) is 1.23. The molecule has 2 aromatic carbocycles. The summed E-state index contributed by atoms with van der Waals surface area (Å²) in [6.45, 7) is 6.03. The molecular formula is C27H29NO. The first kappa shape index (κ1) is 19.4. The van der Waals surface area contributed by atoms with Crippen molar-refractivity contribution in [2.24, 2.45) is 0 Å². The molecule has 148 valence electrons. The smallest absolute Gasteiger partial charge is 0.162 e. The zero-order chi connectivity index (χ0) is 20.4. The zero-order valence-corrected chi connectivity index (χ0v) is 17.7. The van der Waals surface area contributed by atoms with Gasteiger partial charge in [-0.05, 0) is 55.3 Å². The van der Waals surface area contributed by atoms with E-state index in [4.69, 9.17) is 0 Å². The average Bonchev–Trinajstić information content (AvgIpc) is 3.05. The van der Waals surface area contributed by atoms with Gasteiger partial charge in [-0.2, -0.15) is 0 Å². The Morgan fingerprint density at radius 3 is 2.38 bits per heavy atom. The van der Waals surface area contributed by atoms with Crippen LogP contribution in [0.25, 0.3) is 27.5 Å². The van der Waals surface area contributed by atoms with Crippen molar-refractivity contribution < 1.29 is 4.79 Å². The van der Waals surface area contributed by atoms with Crippen LogP contribution in [0.4, 0.5) is 0 Å². The highest BCUT2D eigenvalue weighted by Crippen LogP contribution is 2.38. The molecule has 0 unspecified atom stereocenters. The molecular weight excluding hydrogens is 354 g/mol. The molecule has 0 atom stereocenters. The third-order valence-electron chi connectivity index (χ3n) is 5.93. The molecule has 2 nitrogen and oxygen atoms in total. The molecule has 0 aliphatic heterocycles. The number of Topliss-reactive ketones (excluding diaryl/α,β-unsaturated/α-hetero) is 1. The van der Waals surface area contributed by atoms with Crippen LogP contribution in [0, 0.1) is 6.92 Å². The van der Waals surface area contributed by atoms with Crippen LogP contribution in [-0.4, -0.2) is 10.2 Å². The molecule has 0 saturated carbocycles. The van der Waals surface area contributed by atoms with Gasteiger partial charge < -0.3 is 4.40 Å². The quantitative estimate of drug-likeness (QED) is 0.241. The second-order valence-corrected chi connectivity index (χ2v) is 7.98. The summed E-state index contributed by atoms with van der Waals surface area (Å²) in [5.74, 6) is 0.131. The molecule has 29 heavy (non-hydrogen) atoms. The molecule has 0 amide bonds. The second kappa shape index (κ2) is 8.24. The predicted octanol–water partition coefficient (Wildman–Crippen LogP) is 7.39. The largest absolute Gasteiger partial charge is 0.312 e. The van der Waals surface area contributed by atoms with Gasteiger partial charge in [0.15, 0.2) is 5.78 Å². The molecule has 0 aliphatic carbocycles. The van der Waals surface area contributed by atoms with Crippen LogP contribution in [0.2, 0.25) is 0 Å². The molecule has 0 saturated heterocycles. The maximum absolute atomic E-state index is 12.8. The van der Waals surface area contributed by atoms with E-state index in [1.54, 1.807) is 6.92 Å². The summed E-state index contributed by atoms with van der Waals surface area (Å²) in [5.41, 5.74) is 7.81. The normalized spacial score (nSPS) is 11.4. The number of nitrogens with zero attached hydrogens (tertiary/aromatic N) is 1. The third-order valence-corrected chi connectivity index (χ3v) is 5.93. The fourth-order valence-electron chi connectivity index (χ4n) is 4.61. The highest BCUT2D eigenvalue weighted by atomic mass is 16.1. The number of fused-ring (bicyclic) bond motifs is 3. The summed E-state index contributed by atoms with van der Waals surface area (Å²) in [4.78, 5) is 12.8. The Balaban J connectivity index is 2.07. The molecule has 2 heteroatoms. The number of aromatic nitrogens is 1. The van der Waals surface area contributed by atoms with Crippen LogP contribution < -0.4 is 0 Å². The molecule has 0 spiro atoms. The summed E-state index contributed by atoms with van der Waals surface area (Å²) < 4.78 is 2.32. The lowest BCUT2D eigenvalue weighted by atomic mass is 9.95. The fraction of sp³-hybridized carbons (Fsp3) is 0.296. The highest BCUT2D eigenvalue weighted by molar-refractivity contribution is 6.09. The first-order chi connectivity index (χ1) is 14.1. The van der Waals surface area contributed by atoms with E-state index >= 15 is 0 Å². The minimum Gasteiger partial charge on any atom is -0.312 e. The molecule has 0 radical (unpaired) electrons. The van der Waals surface area contributed by atoms with Gasteiger partial charge in [-0.3, -0.25) is 4.79 Å². The number of benzene rings is 2. The minimum absolute atomic E-state index is 0.131. The van der Waals surface area contributed by atoms with E-state index in [9.17, 15) is 4.79 Å². The van der Waals surface area contributed by atoms with E-state index in [2.05, 4.69) is 72.8 Å². The van der Waals surface area contributed by atoms with Crippen molar-refractivity contribution in [3.63, 3.8) is 0 Å². The lowest BCUT2D eigenvalue weighted by Crippen LogP contribution is -1.98. The van der Waals surface area contributed by atoms with E-state index in [0.717, 1.165) is 28.8 Å². The van der Waals surface area contributed by atoms with E-state index in [0.29, 0.717) is 0 Å². The summed E-state index contributed by atoms with van der Waals surface area (Å²) in [6, 6.07) is 21.2. The van der Waals surface area contributed by atoms with Gasteiger partial charge in [-0.1, -0.05) is 74.7 Å². The maximum atomic E-state index is 12.8. The summed E-state index contributed by atoms with van der Waals surface area (Å²) in [6.07, 6.45) is 5.97. The number of hydrogen-bond acceptors (Lipinski definition) is 1. The molecule has 0 bridgehead atoms. The highest BCUT2D eigenvalue weighted by Gasteiger charge is 2.23. The van der Waals surface area contributed by atoms with Crippen molar-refractivity contribution in [3.8, 4) is 11.1 Å². The van der Waals surface area contributed by atoms with Gasteiger partial charge in [-0.15, -0.1) is 0 Å². The Kier molecular flexibility index (Phi) is 5.53. The van der Waals surface area contributed by atoms with Crippen molar-refractivity contribution in [1.82, 2.24) is 4.40 Å². The number of unbranched alkanes of at least 4 members (excludes halogenated alkanes) is 3. The Bertz CT molecular complexity index is 1170. The maximum Gasteiger partial charge on any atom is 0.162 e. The molecule has 0 aliphatic rings. The third kappa shape index (κ3) is 3.48. The van der Waals surface area contributed by atoms with E-state index in [1.165, 1.54) is 47.7 Å². The molecule has 0 N–H and O–H groups in total. The van der Waals surface area contributed by atoms with Gasteiger partial charge >= 0.3 is 0 Å². The average molecular weight is 384 g/mol. The number of rotatable bonds is 7. The Morgan fingerprint density at radius 2 is 1.66 bits per heavy atom. The zero-order valence-electron chi connectivity index (χ0n) is 17.7. The van der Waals surface area contributed by atoms with Crippen molar-refractivity contribution in [3.05, 3.63) is 77.5 Å². The lowest BCUT2D eigenvalue weighted by Gasteiger charge is -2.12. The van der Waals surface area contributed by atoms with Gasteiger partial charge in [0.2, 0.25) is 0 Å². The first-order valence-corrected chi connectivity index (χ1v) is 10.8. The Morgan fingerprint density at radius 1 is 0.931 bits per heavy atom. The number of ketones is 1. The van der Waals surface area contributed by atoms with Crippen LogP contribution >= 0.6 is 0 Å². The first-order valence-electron chi connectivity index (χ1n) is 10.8. The predicted molar refractivity (Wildman–Crippen MR) is 123 cm³/mol. The number of carbonyl (C=O) groups excluding carboxylic acids is 1. The summed E-state index contributed by atoms with van der Waals surface area (Å²) in [7, 11) is 0. The molecule has 4 aromatic rings. The van der Waals surface area contributed by atoms with E-state index in [1.807, 2.05) is 6.07 Å². The van der Waals surface area contributed by atoms with Gasteiger partial charge in [-0.25, -0.2) is 0 Å². The molecule has 2 heterocycles. The van der Waals surface area contributed by atoms with Crippen LogP contribution in [0.15, 0.2) is 60.7 Å². The van der Waals surface area contributed by atoms with Crippen molar-refractivity contribution in [1.29, 1.82) is 0 Å². The van der Waals surface area contributed by atoms with Crippen LogP contribution in [0.1, 0.15) is 61.1 Å². The monoisotopic (exact) mass is 383 g/mol. The van der Waals surface area contributed by atoms with Crippen LogP contribution in [-0.2, 0) is 6.42 Å².